The van der Waals surface area contributed by atoms with Crippen LogP contribution >= 0.6 is 0 Å². The fourth-order valence-electron chi connectivity index (χ4n) is 3.74. The molecule has 0 atom stereocenters. The zero-order valence-electron chi connectivity index (χ0n) is 22.6. The van der Waals surface area contributed by atoms with Gasteiger partial charge in [0.15, 0.2) is 0 Å². The lowest BCUT2D eigenvalue weighted by molar-refractivity contribution is -0.137. The first-order chi connectivity index (χ1) is 14.7. The van der Waals surface area contributed by atoms with Crippen LogP contribution in [-0.2, 0) is 4.79 Å². The highest BCUT2D eigenvalue weighted by atomic mass is 16.4. The van der Waals surface area contributed by atoms with Crippen molar-refractivity contribution in [3.05, 3.63) is 0 Å². The number of aliphatic carboxylic acids is 1. The molecular formula is C28H59NO2. The molecule has 0 aromatic heterocycles. The lowest BCUT2D eigenvalue weighted by atomic mass is 10.0. The van der Waals surface area contributed by atoms with Gasteiger partial charge in [0.2, 0.25) is 0 Å². The summed E-state index contributed by atoms with van der Waals surface area (Å²) in [5.41, 5.74) is 0. The van der Waals surface area contributed by atoms with Crippen LogP contribution in [0.25, 0.3) is 0 Å². The number of unbranched alkanes of at least 4 members (excludes halogenated alkanes) is 6. The zero-order chi connectivity index (χ0) is 23.9. The van der Waals surface area contributed by atoms with E-state index in [0.717, 1.165) is 24.2 Å². The van der Waals surface area contributed by atoms with E-state index in [4.69, 9.17) is 5.11 Å². The fraction of sp³-hybridized carbons (Fsp3) is 0.964. The first-order valence-corrected chi connectivity index (χ1v) is 13.6. The lowest BCUT2D eigenvalue weighted by Crippen LogP contribution is -2.27. The Morgan fingerprint density at radius 1 is 0.613 bits per heavy atom. The summed E-state index contributed by atoms with van der Waals surface area (Å²) in [6, 6.07) is 0. The van der Waals surface area contributed by atoms with Crippen molar-refractivity contribution in [2.75, 3.05) is 19.6 Å². The van der Waals surface area contributed by atoms with Gasteiger partial charge in [-0.25, -0.2) is 0 Å². The quantitative estimate of drug-likeness (QED) is 0.192. The second kappa shape index (κ2) is 24.1. The molecule has 0 aliphatic heterocycles. The Bertz CT molecular complexity index is 323. The second-order valence-corrected chi connectivity index (χ2v) is 10.7. The molecular weight excluding hydrogens is 382 g/mol. The van der Waals surface area contributed by atoms with Gasteiger partial charge in [0.1, 0.15) is 0 Å². The van der Waals surface area contributed by atoms with E-state index in [9.17, 15) is 4.79 Å². The van der Waals surface area contributed by atoms with Gasteiger partial charge in [-0.15, -0.1) is 0 Å². The number of nitrogens with zero attached hydrogens (tertiary/aromatic N) is 1. The lowest BCUT2D eigenvalue weighted by Gasteiger charge is -2.22. The first kappa shape index (κ1) is 32.6. The Morgan fingerprint density at radius 2 is 0.935 bits per heavy atom. The van der Waals surface area contributed by atoms with E-state index in [1.807, 2.05) is 6.92 Å². The third-order valence-electron chi connectivity index (χ3n) is 5.73. The van der Waals surface area contributed by atoms with Gasteiger partial charge < -0.3 is 10.0 Å². The maximum atomic E-state index is 9.60. The van der Waals surface area contributed by atoms with Gasteiger partial charge >= 0.3 is 5.97 Å². The Hall–Kier alpha value is -0.570. The minimum absolute atomic E-state index is 0.292. The minimum atomic E-state index is -0.711. The normalized spacial score (nSPS) is 11.5. The molecule has 0 saturated carbocycles. The molecule has 0 amide bonds. The molecule has 0 aliphatic carbocycles. The molecule has 0 spiro atoms. The highest BCUT2D eigenvalue weighted by Gasteiger charge is 2.06. The van der Waals surface area contributed by atoms with Crippen molar-refractivity contribution in [2.45, 2.75) is 138 Å². The summed E-state index contributed by atoms with van der Waals surface area (Å²) in [6.07, 6.45) is 18.0. The van der Waals surface area contributed by atoms with Crippen LogP contribution < -0.4 is 0 Å². The molecule has 3 nitrogen and oxygen atoms in total. The highest BCUT2D eigenvalue weighted by Crippen LogP contribution is 2.13. The number of rotatable bonds is 20. The van der Waals surface area contributed by atoms with Crippen LogP contribution in [0, 0.1) is 17.8 Å². The zero-order valence-corrected chi connectivity index (χ0v) is 22.6. The Labute approximate surface area is 196 Å². The summed E-state index contributed by atoms with van der Waals surface area (Å²) in [5, 5.41) is 7.91. The third kappa shape index (κ3) is 31.7. The molecule has 0 unspecified atom stereocenters. The van der Waals surface area contributed by atoms with Crippen LogP contribution in [0.1, 0.15) is 138 Å². The maximum absolute atomic E-state index is 9.60. The van der Waals surface area contributed by atoms with E-state index in [0.29, 0.717) is 6.42 Å². The molecule has 188 valence electrons. The van der Waals surface area contributed by atoms with Crippen LogP contribution in [0.15, 0.2) is 0 Å². The van der Waals surface area contributed by atoms with Gasteiger partial charge in [0.05, 0.1) is 0 Å². The Kier molecular flexibility index (Phi) is 25.3. The van der Waals surface area contributed by atoms with Crippen LogP contribution in [-0.4, -0.2) is 35.6 Å². The van der Waals surface area contributed by atoms with Gasteiger partial charge in [-0.2, -0.15) is 0 Å². The van der Waals surface area contributed by atoms with Crippen molar-refractivity contribution >= 4 is 5.97 Å². The standard InChI is InChI=1S/C24H51N.C4H8O2/c1-22(2)16-10-7-13-19-25(20-14-8-11-17-23(3)4)21-15-9-12-18-24(5)6;1-2-3-4(5)6/h22-24H,7-21H2,1-6H3;2-3H2,1H3,(H,5,6). The Balaban J connectivity index is 0. The van der Waals surface area contributed by atoms with Gasteiger partial charge in [0, 0.05) is 6.42 Å². The van der Waals surface area contributed by atoms with Crippen LogP contribution in [0.4, 0.5) is 0 Å². The molecule has 1 N–H and O–H groups in total. The molecule has 3 heteroatoms. The van der Waals surface area contributed by atoms with Gasteiger partial charge in [-0.3, -0.25) is 4.79 Å². The summed E-state index contributed by atoms with van der Waals surface area (Å²) in [4.78, 5) is 12.4. The van der Waals surface area contributed by atoms with Crippen molar-refractivity contribution in [3.63, 3.8) is 0 Å². The summed E-state index contributed by atoms with van der Waals surface area (Å²) in [6.45, 7) is 19.9. The summed E-state index contributed by atoms with van der Waals surface area (Å²) >= 11 is 0. The smallest absolute Gasteiger partial charge is 0.303 e. The molecule has 31 heavy (non-hydrogen) atoms. The molecule has 0 aromatic rings. The van der Waals surface area contributed by atoms with Crippen molar-refractivity contribution in [2.24, 2.45) is 17.8 Å². The summed E-state index contributed by atoms with van der Waals surface area (Å²) in [5.74, 6) is 1.91. The number of hydrogen-bond acceptors (Lipinski definition) is 2. The molecule has 0 aliphatic rings. The van der Waals surface area contributed by atoms with E-state index in [1.54, 1.807) is 0 Å². The van der Waals surface area contributed by atoms with E-state index in [2.05, 4.69) is 46.4 Å². The first-order valence-electron chi connectivity index (χ1n) is 13.6. The van der Waals surface area contributed by atoms with E-state index < -0.39 is 5.97 Å². The van der Waals surface area contributed by atoms with Crippen molar-refractivity contribution in [1.82, 2.24) is 4.90 Å². The van der Waals surface area contributed by atoms with E-state index in [-0.39, 0.29) is 0 Å². The van der Waals surface area contributed by atoms with Crippen molar-refractivity contribution < 1.29 is 9.90 Å². The number of hydrogen-bond donors (Lipinski definition) is 1. The molecule has 0 bridgehead atoms. The van der Waals surface area contributed by atoms with Gasteiger partial charge in [0.25, 0.3) is 0 Å². The topological polar surface area (TPSA) is 40.5 Å². The van der Waals surface area contributed by atoms with Crippen LogP contribution in [0.5, 0.6) is 0 Å². The van der Waals surface area contributed by atoms with Crippen molar-refractivity contribution in [3.8, 4) is 0 Å². The Morgan fingerprint density at radius 3 is 1.13 bits per heavy atom. The summed E-state index contributed by atoms with van der Waals surface area (Å²) < 4.78 is 0. The summed E-state index contributed by atoms with van der Waals surface area (Å²) in [7, 11) is 0. The number of carbonyl (C=O) groups is 1. The van der Waals surface area contributed by atoms with Gasteiger partial charge in [-0.1, -0.05) is 106 Å². The largest absolute Gasteiger partial charge is 0.481 e. The maximum Gasteiger partial charge on any atom is 0.303 e. The predicted octanol–water partition coefficient (Wildman–Crippen LogP) is 8.81. The monoisotopic (exact) mass is 441 g/mol. The molecule has 0 fully saturated rings. The number of carboxylic acid groups (broad SMARTS) is 1. The molecule has 0 heterocycles. The number of carboxylic acids is 1. The highest BCUT2D eigenvalue weighted by molar-refractivity contribution is 5.66. The molecule has 0 saturated heterocycles. The SMILES string of the molecule is CC(C)CCCCCN(CCCCCC(C)C)CCCCCC(C)C.CCCC(=O)O. The van der Waals surface area contributed by atoms with Crippen LogP contribution in [0.2, 0.25) is 0 Å². The fourth-order valence-corrected chi connectivity index (χ4v) is 3.74. The van der Waals surface area contributed by atoms with E-state index >= 15 is 0 Å². The average Bonchev–Trinajstić information content (AvgIpc) is 2.66. The van der Waals surface area contributed by atoms with Gasteiger partial charge in [-0.05, 0) is 63.1 Å². The van der Waals surface area contributed by atoms with E-state index in [1.165, 1.54) is 96.7 Å². The van der Waals surface area contributed by atoms with Crippen molar-refractivity contribution in [1.29, 1.82) is 0 Å². The predicted molar refractivity (Wildman–Crippen MR) is 139 cm³/mol. The molecule has 0 aromatic carbocycles. The minimum Gasteiger partial charge on any atom is -0.481 e. The third-order valence-corrected chi connectivity index (χ3v) is 5.73. The molecule has 0 radical (unpaired) electrons. The molecule has 0 rings (SSSR count). The second-order valence-electron chi connectivity index (χ2n) is 10.7. The van der Waals surface area contributed by atoms with Crippen LogP contribution in [0.3, 0.4) is 0 Å². The average molecular weight is 442 g/mol.